The van der Waals surface area contributed by atoms with E-state index < -0.39 is 10.2 Å². The van der Waals surface area contributed by atoms with Crippen LogP contribution in [0.15, 0.2) is 24.3 Å². The molecular weight excluding hydrogens is 159 g/mol. The van der Waals surface area contributed by atoms with Gasteiger partial charge in [0.2, 0.25) is 0 Å². The molecule has 0 radical (unpaired) electrons. The molecule has 0 rings (SSSR count). The van der Waals surface area contributed by atoms with E-state index in [1.165, 1.54) is 0 Å². The summed E-state index contributed by atoms with van der Waals surface area (Å²) in [6, 6.07) is 0. The monoisotopic (exact) mass is 166 g/mol. The van der Waals surface area contributed by atoms with E-state index in [0.717, 1.165) is 12.3 Å². The molecular formula is C5H7FO3S. The fourth-order valence-electron chi connectivity index (χ4n) is 0.278. The van der Waals surface area contributed by atoms with E-state index in [1.807, 2.05) is 0 Å². The van der Waals surface area contributed by atoms with E-state index in [9.17, 15) is 12.3 Å². The third-order valence-corrected chi connectivity index (χ3v) is 1.09. The number of hydrogen-bond acceptors (Lipinski definition) is 3. The highest BCUT2D eigenvalue weighted by Crippen LogP contribution is 1.91. The fourth-order valence-corrected chi connectivity index (χ4v) is 0.586. The van der Waals surface area contributed by atoms with Crippen LogP contribution in [0, 0.1) is 0 Å². The first kappa shape index (κ1) is 9.16. The summed E-state index contributed by atoms with van der Waals surface area (Å²) in [5, 5.41) is 0.427. The van der Waals surface area contributed by atoms with Crippen molar-refractivity contribution in [3.63, 3.8) is 0 Å². The molecule has 0 aromatic heterocycles. The lowest BCUT2D eigenvalue weighted by atomic mass is 10.7. The summed E-state index contributed by atoms with van der Waals surface area (Å²) in [4.78, 5) is 0. The van der Waals surface area contributed by atoms with Crippen molar-refractivity contribution in [2.45, 2.75) is 0 Å². The molecule has 58 valence electrons. The predicted octanol–water partition coefficient (Wildman–Crippen LogP) is 0.960. The largest absolute Gasteiger partial charge is 0.498 e. The molecule has 3 nitrogen and oxygen atoms in total. The zero-order chi connectivity index (χ0) is 8.04. The Bertz CT molecular complexity index is 217. The van der Waals surface area contributed by atoms with E-state index in [1.54, 1.807) is 0 Å². The maximum atomic E-state index is 11.6. The molecule has 0 aromatic rings. The van der Waals surface area contributed by atoms with Crippen molar-refractivity contribution in [2.24, 2.45) is 0 Å². The van der Waals surface area contributed by atoms with Gasteiger partial charge in [0.05, 0.1) is 11.7 Å². The Labute approximate surface area is 59.0 Å². The maximum absolute atomic E-state index is 11.6. The molecule has 0 amide bonds. The van der Waals surface area contributed by atoms with E-state index >= 15 is 0 Å². The van der Waals surface area contributed by atoms with Gasteiger partial charge in [0.1, 0.15) is 6.61 Å². The molecule has 10 heavy (non-hydrogen) atoms. The summed E-state index contributed by atoms with van der Waals surface area (Å²) in [5.41, 5.74) is 0. The zero-order valence-corrected chi connectivity index (χ0v) is 5.97. The van der Waals surface area contributed by atoms with Gasteiger partial charge in [-0.15, -0.1) is 3.89 Å². The Hall–Kier alpha value is -0.840. The van der Waals surface area contributed by atoms with Crippen LogP contribution in [0.25, 0.3) is 0 Å². The minimum absolute atomic E-state index is 0.00660. The van der Waals surface area contributed by atoms with E-state index in [0.29, 0.717) is 5.41 Å². The van der Waals surface area contributed by atoms with Gasteiger partial charge >= 0.3 is 10.2 Å². The van der Waals surface area contributed by atoms with Gasteiger partial charge in [-0.05, 0) is 6.08 Å². The number of halogens is 1. The molecule has 0 aliphatic carbocycles. The molecule has 0 unspecified atom stereocenters. The molecule has 5 heteroatoms. The Morgan fingerprint density at radius 1 is 1.60 bits per heavy atom. The van der Waals surface area contributed by atoms with Gasteiger partial charge in [0.25, 0.3) is 0 Å². The second kappa shape index (κ2) is 4.05. The Balaban J connectivity index is 3.68. The highest BCUT2D eigenvalue weighted by molar-refractivity contribution is 7.89. The standard InChI is InChI=1S/C5H7FO3S/c1-2-9-4-3-5-10(6,7)8/h2-3,5H,1,4H2. The van der Waals surface area contributed by atoms with Gasteiger partial charge in [-0.25, -0.2) is 0 Å². The Morgan fingerprint density at radius 2 is 2.20 bits per heavy atom. The van der Waals surface area contributed by atoms with Crippen molar-refractivity contribution in [3.05, 3.63) is 24.3 Å². The Morgan fingerprint density at radius 3 is 2.60 bits per heavy atom. The summed E-state index contributed by atoms with van der Waals surface area (Å²) in [5.74, 6) is 0. The normalized spacial score (nSPS) is 11.7. The van der Waals surface area contributed by atoms with Crippen molar-refractivity contribution in [3.8, 4) is 0 Å². The molecule has 0 heterocycles. The predicted molar refractivity (Wildman–Crippen MR) is 35.3 cm³/mol. The van der Waals surface area contributed by atoms with E-state index in [2.05, 4.69) is 11.3 Å². The van der Waals surface area contributed by atoms with Crippen LogP contribution in [-0.4, -0.2) is 15.0 Å². The van der Waals surface area contributed by atoms with Crippen LogP contribution in [-0.2, 0) is 15.0 Å². The number of hydrogen-bond donors (Lipinski definition) is 0. The van der Waals surface area contributed by atoms with Crippen molar-refractivity contribution >= 4 is 10.2 Å². The molecule has 0 bridgehead atoms. The van der Waals surface area contributed by atoms with Crippen molar-refractivity contribution in [1.82, 2.24) is 0 Å². The molecule has 0 aliphatic rings. The lowest BCUT2D eigenvalue weighted by molar-refractivity contribution is 0.291. The lowest BCUT2D eigenvalue weighted by Gasteiger charge is -1.89. The van der Waals surface area contributed by atoms with Crippen molar-refractivity contribution < 1.29 is 17.0 Å². The minimum atomic E-state index is -4.50. The molecule has 0 aliphatic heterocycles. The third-order valence-electron chi connectivity index (χ3n) is 0.569. The number of rotatable bonds is 4. The summed E-state index contributed by atoms with van der Waals surface area (Å²) in [6.45, 7) is 3.20. The average molecular weight is 166 g/mol. The van der Waals surface area contributed by atoms with E-state index in [-0.39, 0.29) is 6.61 Å². The highest BCUT2D eigenvalue weighted by atomic mass is 32.3. The lowest BCUT2D eigenvalue weighted by Crippen LogP contribution is -1.84. The molecule has 0 N–H and O–H groups in total. The molecule has 0 saturated heterocycles. The topological polar surface area (TPSA) is 43.4 Å². The second-order valence-corrected chi connectivity index (χ2v) is 2.57. The first-order valence-electron chi connectivity index (χ1n) is 2.40. The third kappa shape index (κ3) is 7.16. The molecule has 0 fully saturated rings. The van der Waals surface area contributed by atoms with Crippen LogP contribution in [0.5, 0.6) is 0 Å². The Kier molecular flexibility index (Phi) is 3.71. The SMILES string of the molecule is C=COCC=CS(=O)(=O)F. The van der Waals surface area contributed by atoms with Crippen molar-refractivity contribution in [1.29, 1.82) is 0 Å². The van der Waals surface area contributed by atoms with Gasteiger partial charge in [0.15, 0.2) is 0 Å². The quantitative estimate of drug-likeness (QED) is 0.355. The fraction of sp³-hybridized carbons (Fsp3) is 0.200. The van der Waals surface area contributed by atoms with Gasteiger partial charge < -0.3 is 4.74 Å². The smallest absolute Gasteiger partial charge is 0.324 e. The van der Waals surface area contributed by atoms with Crippen LogP contribution >= 0.6 is 0 Å². The second-order valence-electron chi connectivity index (χ2n) is 1.35. The highest BCUT2D eigenvalue weighted by Gasteiger charge is 1.96. The first-order chi connectivity index (χ1) is 4.56. The van der Waals surface area contributed by atoms with Crippen molar-refractivity contribution in [2.75, 3.05) is 6.61 Å². The van der Waals surface area contributed by atoms with E-state index in [4.69, 9.17) is 0 Å². The molecule has 0 aromatic carbocycles. The van der Waals surface area contributed by atoms with Crippen LogP contribution in [0.4, 0.5) is 3.89 Å². The van der Waals surface area contributed by atoms with Crippen LogP contribution < -0.4 is 0 Å². The van der Waals surface area contributed by atoms with Gasteiger partial charge in [-0.1, -0.05) is 6.58 Å². The van der Waals surface area contributed by atoms with Crippen LogP contribution in [0.1, 0.15) is 0 Å². The summed E-state index contributed by atoms with van der Waals surface area (Å²) >= 11 is 0. The van der Waals surface area contributed by atoms with Gasteiger partial charge in [-0.3, -0.25) is 0 Å². The summed E-state index contributed by atoms with van der Waals surface area (Å²) in [7, 11) is -4.50. The maximum Gasteiger partial charge on any atom is 0.324 e. The molecule has 0 spiro atoms. The zero-order valence-electron chi connectivity index (χ0n) is 5.16. The van der Waals surface area contributed by atoms with Crippen LogP contribution in [0.2, 0.25) is 0 Å². The summed E-state index contributed by atoms with van der Waals surface area (Å²) < 4.78 is 35.6. The van der Waals surface area contributed by atoms with Gasteiger partial charge in [-0.2, -0.15) is 8.42 Å². The molecule has 0 atom stereocenters. The van der Waals surface area contributed by atoms with Gasteiger partial charge in [0, 0.05) is 0 Å². The first-order valence-corrected chi connectivity index (χ1v) is 3.84. The van der Waals surface area contributed by atoms with Crippen LogP contribution in [0.3, 0.4) is 0 Å². The average Bonchev–Trinajstić information content (AvgIpc) is 1.78. The minimum Gasteiger partial charge on any atom is -0.498 e. The summed E-state index contributed by atoms with van der Waals surface area (Å²) in [6.07, 6.45) is 2.17. The molecule has 0 saturated carbocycles. The number of ether oxygens (including phenoxy) is 1.